The first-order valence-electron chi connectivity index (χ1n) is 7.55. The summed E-state index contributed by atoms with van der Waals surface area (Å²) in [6.07, 6.45) is 4.20. The quantitative estimate of drug-likeness (QED) is 0.833. The van der Waals surface area contributed by atoms with Gasteiger partial charge in [-0.2, -0.15) is 0 Å². The highest BCUT2D eigenvalue weighted by molar-refractivity contribution is 7.99. The topological polar surface area (TPSA) is 15.3 Å². The molecule has 2 aliphatic rings. The number of nitrogens with one attached hydrogen (secondary N) is 1. The highest BCUT2D eigenvalue weighted by Crippen LogP contribution is 2.33. The maximum Gasteiger partial charge on any atom is 0.0223 e. The largest absolute Gasteiger partial charge is 0.312 e. The fourth-order valence-electron chi connectivity index (χ4n) is 2.85. The van der Waals surface area contributed by atoms with Gasteiger partial charge in [-0.15, -0.1) is 11.8 Å². The SMILES string of the molecule is c1ccc(SCCN2CCCNC(C3CC3)C2)cc1. The molecule has 1 saturated heterocycles. The van der Waals surface area contributed by atoms with E-state index in [1.165, 1.54) is 56.1 Å². The molecule has 3 heteroatoms. The zero-order chi connectivity index (χ0) is 12.9. The van der Waals surface area contributed by atoms with Gasteiger partial charge in [0, 0.05) is 29.8 Å². The van der Waals surface area contributed by atoms with Gasteiger partial charge in [0.15, 0.2) is 0 Å². The van der Waals surface area contributed by atoms with Crippen LogP contribution in [0.25, 0.3) is 0 Å². The molecule has 0 spiro atoms. The average molecular weight is 276 g/mol. The minimum Gasteiger partial charge on any atom is -0.312 e. The van der Waals surface area contributed by atoms with Crippen LogP contribution in [-0.2, 0) is 0 Å². The van der Waals surface area contributed by atoms with Crippen molar-refractivity contribution in [1.29, 1.82) is 0 Å². The van der Waals surface area contributed by atoms with E-state index in [1.807, 2.05) is 11.8 Å². The number of hydrogen-bond donors (Lipinski definition) is 1. The monoisotopic (exact) mass is 276 g/mol. The Hall–Kier alpha value is -0.510. The maximum atomic E-state index is 3.73. The van der Waals surface area contributed by atoms with Crippen molar-refractivity contribution in [3.8, 4) is 0 Å². The Morgan fingerprint density at radius 3 is 2.84 bits per heavy atom. The lowest BCUT2D eigenvalue weighted by atomic mass is 10.2. The number of thioether (sulfide) groups is 1. The van der Waals surface area contributed by atoms with Gasteiger partial charge in [0.05, 0.1) is 0 Å². The summed E-state index contributed by atoms with van der Waals surface area (Å²) in [4.78, 5) is 4.06. The minimum atomic E-state index is 0.768. The van der Waals surface area contributed by atoms with Crippen LogP contribution < -0.4 is 5.32 Å². The number of benzene rings is 1. The second-order valence-corrected chi connectivity index (χ2v) is 6.88. The first-order valence-corrected chi connectivity index (χ1v) is 8.54. The second-order valence-electron chi connectivity index (χ2n) is 5.71. The molecule has 2 nitrogen and oxygen atoms in total. The maximum absolute atomic E-state index is 3.73. The van der Waals surface area contributed by atoms with Crippen LogP contribution in [0.4, 0.5) is 0 Å². The molecule has 1 N–H and O–H groups in total. The average Bonchev–Trinajstić information content (AvgIpc) is 3.27. The summed E-state index contributed by atoms with van der Waals surface area (Å²) in [5.74, 6) is 2.18. The molecule has 1 saturated carbocycles. The van der Waals surface area contributed by atoms with Gasteiger partial charge in [-0.25, -0.2) is 0 Å². The van der Waals surface area contributed by atoms with E-state index in [0.29, 0.717) is 0 Å². The normalized spacial score (nSPS) is 25.2. The van der Waals surface area contributed by atoms with E-state index in [4.69, 9.17) is 0 Å². The van der Waals surface area contributed by atoms with Gasteiger partial charge < -0.3 is 10.2 Å². The molecule has 0 radical (unpaired) electrons. The third-order valence-corrected chi connectivity index (χ3v) is 5.12. The Morgan fingerprint density at radius 2 is 2.05 bits per heavy atom. The van der Waals surface area contributed by atoms with Crippen LogP contribution in [-0.4, -0.2) is 42.9 Å². The molecule has 1 aliphatic carbocycles. The molecule has 1 unspecified atom stereocenters. The molecule has 19 heavy (non-hydrogen) atoms. The predicted octanol–water partition coefficient (Wildman–Crippen LogP) is 2.85. The minimum absolute atomic E-state index is 0.768. The van der Waals surface area contributed by atoms with E-state index in [1.54, 1.807) is 0 Å². The molecule has 104 valence electrons. The summed E-state index contributed by atoms with van der Waals surface area (Å²) in [5.41, 5.74) is 0. The van der Waals surface area contributed by atoms with E-state index in [0.717, 1.165) is 12.0 Å². The van der Waals surface area contributed by atoms with Crippen molar-refractivity contribution in [1.82, 2.24) is 10.2 Å². The third kappa shape index (κ3) is 4.23. The molecule has 1 aliphatic heterocycles. The fourth-order valence-corrected chi connectivity index (χ4v) is 3.79. The molecule has 0 aromatic heterocycles. The molecule has 2 fully saturated rings. The van der Waals surface area contributed by atoms with Gasteiger partial charge in [-0.3, -0.25) is 0 Å². The molecule has 0 bridgehead atoms. The molecule has 0 amide bonds. The van der Waals surface area contributed by atoms with Crippen LogP contribution in [0.3, 0.4) is 0 Å². The van der Waals surface area contributed by atoms with Crippen LogP contribution in [0.5, 0.6) is 0 Å². The van der Waals surface area contributed by atoms with Gasteiger partial charge in [0.25, 0.3) is 0 Å². The van der Waals surface area contributed by atoms with Crippen LogP contribution >= 0.6 is 11.8 Å². The Morgan fingerprint density at radius 1 is 1.21 bits per heavy atom. The zero-order valence-corrected chi connectivity index (χ0v) is 12.4. The molecule has 1 aromatic rings. The summed E-state index contributed by atoms with van der Waals surface area (Å²) in [7, 11) is 0. The van der Waals surface area contributed by atoms with E-state index in [-0.39, 0.29) is 0 Å². The molecule has 3 rings (SSSR count). The molecule has 1 atom stereocenters. The fraction of sp³-hybridized carbons (Fsp3) is 0.625. The second kappa shape index (κ2) is 6.78. The van der Waals surface area contributed by atoms with Crippen molar-refractivity contribution in [3.63, 3.8) is 0 Å². The van der Waals surface area contributed by atoms with E-state index in [2.05, 4.69) is 40.5 Å². The highest BCUT2D eigenvalue weighted by Gasteiger charge is 2.32. The molecular formula is C16H24N2S. The molecule has 1 heterocycles. The van der Waals surface area contributed by atoms with E-state index < -0.39 is 0 Å². The zero-order valence-electron chi connectivity index (χ0n) is 11.6. The van der Waals surface area contributed by atoms with Crippen molar-refractivity contribution in [3.05, 3.63) is 30.3 Å². The third-order valence-electron chi connectivity index (χ3n) is 4.12. The molecular weight excluding hydrogens is 252 g/mol. The Labute approximate surface area is 121 Å². The standard InChI is InChI=1S/C16H24N2S/c1-2-5-15(6-3-1)19-12-11-18-10-4-9-17-16(13-18)14-7-8-14/h1-3,5-6,14,16-17H,4,7-13H2. The van der Waals surface area contributed by atoms with Crippen LogP contribution in [0.1, 0.15) is 19.3 Å². The van der Waals surface area contributed by atoms with Crippen molar-refractivity contribution < 1.29 is 0 Å². The first kappa shape index (κ1) is 13.5. The lowest BCUT2D eigenvalue weighted by molar-refractivity contribution is 0.273. The lowest BCUT2D eigenvalue weighted by Crippen LogP contribution is -2.39. The Kier molecular flexibility index (Phi) is 4.81. The van der Waals surface area contributed by atoms with Gasteiger partial charge in [-0.05, 0) is 50.4 Å². The van der Waals surface area contributed by atoms with E-state index in [9.17, 15) is 0 Å². The summed E-state index contributed by atoms with van der Waals surface area (Å²) >= 11 is 1.98. The first-order chi connectivity index (χ1) is 9.42. The van der Waals surface area contributed by atoms with Gasteiger partial charge in [0.1, 0.15) is 0 Å². The van der Waals surface area contributed by atoms with Crippen molar-refractivity contribution in [2.24, 2.45) is 5.92 Å². The Bertz CT molecular complexity index is 378. The van der Waals surface area contributed by atoms with Crippen LogP contribution in [0, 0.1) is 5.92 Å². The smallest absolute Gasteiger partial charge is 0.0223 e. The summed E-state index contributed by atoms with van der Waals surface area (Å²) in [5, 5.41) is 3.73. The summed E-state index contributed by atoms with van der Waals surface area (Å²) in [6.45, 7) is 4.97. The van der Waals surface area contributed by atoms with Crippen molar-refractivity contribution in [2.45, 2.75) is 30.2 Å². The lowest BCUT2D eigenvalue weighted by Gasteiger charge is -2.24. The van der Waals surface area contributed by atoms with Crippen LogP contribution in [0.15, 0.2) is 35.2 Å². The van der Waals surface area contributed by atoms with Gasteiger partial charge >= 0.3 is 0 Å². The van der Waals surface area contributed by atoms with Gasteiger partial charge in [0.2, 0.25) is 0 Å². The van der Waals surface area contributed by atoms with Crippen molar-refractivity contribution >= 4 is 11.8 Å². The van der Waals surface area contributed by atoms with Crippen LogP contribution in [0.2, 0.25) is 0 Å². The summed E-state index contributed by atoms with van der Waals surface area (Å²) in [6, 6.07) is 11.5. The summed E-state index contributed by atoms with van der Waals surface area (Å²) < 4.78 is 0. The predicted molar refractivity (Wildman–Crippen MR) is 82.7 cm³/mol. The van der Waals surface area contributed by atoms with E-state index >= 15 is 0 Å². The number of nitrogens with zero attached hydrogens (tertiary/aromatic N) is 1. The highest BCUT2D eigenvalue weighted by atomic mass is 32.2. The van der Waals surface area contributed by atoms with Crippen molar-refractivity contribution in [2.75, 3.05) is 31.9 Å². The Balaban J connectivity index is 1.43. The van der Waals surface area contributed by atoms with Gasteiger partial charge in [-0.1, -0.05) is 18.2 Å². The number of rotatable bonds is 5. The molecule has 1 aromatic carbocycles. The number of hydrogen-bond acceptors (Lipinski definition) is 3.